The second kappa shape index (κ2) is 57.4. The van der Waals surface area contributed by atoms with Crippen LogP contribution in [0.25, 0.3) is 0 Å². The normalized spacial score (nSPS) is 27.4. The summed E-state index contributed by atoms with van der Waals surface area (Å²) in [5.74, 6) is -0.281. The summed E-state index contributed by atoms with van der Waals surface area (Å²) < 4.78 is 34.4. The zero-order chi connectivity index (χ0) is 68.9. The number of ether oxygens (including phenoxy) is 6. The van der Waals surface area contributed by atoms with Gasteiger partial charge in [-0.05, 0) is 64.2 Å². The lowest BCUT2D eigenvalue weighted by Crippen LogP contribution is -2.66. The average Bonchev–Trinajstić information content (AvgIpc) is 0.787. The summed E-state index contributed by atoms with van der Waals surface area (Å²) in [6.45, 7) is 1.74. The summed E-state index contributed by atoms with van der Waals surface area (Å²) in [6, 6.07) is -0.990. The summed E-state index contributed by atoms with van der Waals surface area (Å²) in [5.41, 5.74) is 0. The molecule has 3 fully saturated rings. The van der Waals surface area contributed by atoms with E-state index in [4.69, 9.17) is 28.4 Å². The molecule has 19 nitrogen and oxygen atoms in total. The van der Waals surface area contributed by atoms with Crippen LogP contribution in [0.15, 0.2) is 48.6 Å². The van der Waals surface area contributed by atoms with Crippen LogP contribution in [0.3, 0.4) is 0 Å². The molecule has 17 unspecified atom stereocenters. The number of amides is 1. The van der Waals surface area contributed by atoms with E-state index in [1.165, 1.54) is 218 Å². The molecule has 0 aromatic rings. The van der Waals surface area contributed by atoms with Crippen LogP contribution in [0, 0.1) is 0 Å². The van der Waals surface area contributed by atoms with Gasteiger partial charge in [-0.1, -0.05) is 274 Å². The Morgan fingerprint density at radius 1 is 0.379 bits per heavy atom. The van der Waals surface area contributed by atoms with Crippen LogP contribution in [-0.2, 0) is 33.2 Å². The van der Waals surface area contributed by atoms with Crippen LogP contribution in [-0.4, -0.2) is 193 Å². The number of nitrogens with one attached hydrogen (secondary N) is 1. The Bertz CT molecular complexity index is 1910. The number of rotatable bonds is 60. The fraction of sp³-hybridized carbons (Fsp3) is 0.882. The van der Waals surface area contributed by atoms with Crippen LogP contribution in [0.4, 0.5) is 0 Å². The molecule has 3 saturated heterocycles. The van der Waals surface area contributed by atoms with Gasteiger partial charge in [0.2, 0.25) is 5.91 Å². The van der Waals surface area contributed by atoms with Gasteiger partial charge in [-0.2, -0.15) is 0 Å². The van der Waals surface area contributed by atoms with Crippen molar-refractivity contribution in [3.8, 4) is 0 Å². The minimum absolute atomic E-state index is 0.237. The molecule has 3 rings (SSSR count). The summed E-state index contributed by atoms with van der Waals surface area (Å²) in [4.78, 5) is 13.4. The van der Waals surface area contributed by atoms with Crippen molar-refractivity contribution < 1.29 is 89.4 Å². The highest BCUT2D eigenvalue weighted by atomic mass is 16.8. The third-order valence-electron chi connectivity index (χ3n) is 19.1. The Labute approximate surface area is 573 Å². The van der Waals surface area contributed by atoms with Crippen molar-refractivity contribution in [1.29, 1.82) is 0 Å². The maximum absolute atomic E-state index is 13.4. The Hall–Kier alpha value is -2.25. The molecular formula is C76H139NO18. The second-order valence-corrected chi connectivity index (χ2v) is 27.5. The molecule has 3 aliphatic heterocycles. The highest BCUT2D eigenvalue weighted by Gasteiger charge is 2.53. The molecule has 1 amide bonds. The topological polar surface area (TPSA) is 307 Å². The molecule has 12 N–H and O–H groups in total. The van der Waals surface area contributed by atoms with E-state index in [0.717, 1.165) is 44.9 Å². The van der Waals surface area contributed by atoms with Crippen LogP contribution >= 0.6 is 0 Å². The van der Waals surface area contributed by atoms with Crippen LogP contribution in [0.2, 0.25) is 0 Å². The van der Waals surface area contributed by atoms with Gasteiger partial charge in [-0.15, -0.1) is 0 Å². The van der Waals surface area contributed by atoms with Crippen LogP contribution < -0.4 is 5.32 Å². The largest absolute Gasteiger partial charge is 0.394 e. The summed E-state index contributed by atoms with van der Waals surface area (Å²) >= 11 is 0. The Kier molecular flexibility index (Phi) is 52.5. The third kappa shape index (κ3) is 38.4. The molecule has 0 aromatic heterocycles. The predicted molar refractivity (Wildman–Crippen MR) is 374 cm³/mol. The average molecular weight is 1350 g/mol. The SMILES string of the molecule is CCCCCCC/C=C\C/C=C\CCCCCCCCCCCCCCCCCCCCCC(=O)NC(COC1OC(CO)C(OC2OC(CO)C(OC3OC(CO)C(O)C(O)C3O)C(O)C2O)C(O)C1O)C(O)/C=C/CC/C=C/CCCCCCCCCCCCCCC. The highest BCUT2D eigenvalue weighted by molar-refractivity contribution is 5.76. The van der Waals surface area contributed by atoms with Gasteiger partial charge in [0, 0.05) is 6.42 Å². The first kappa shape index (κ1) is 87.0. The third-order valence-corrected chi connectivity index (χ3v) is 19.1. The zero-order valence-corrected chi connectivity index (χ0v) is 59.2. The van der Waals surface area contributed by atoms with Gasteiger partial charge in [0.05, 0.1) is 38.6 Å². The number of carbonyl (C=O) groups excluding carboxylic acids is 1. The van der Waals surface area contributed by atoms with Gasteiger partial charge in [0.1, 0.15) is 73.2 Å². The number of carbonyl (C=O) groups is 1. The van der Waals surface area contributed by atoms with Crippen molar-refractivity contribution >= 4 is 5.91 Å². The molecule has 0 saturated carbocycles. The van der Waals surface area contributed by atoms with Crippen molar-refractivity contribution in [2.45, 2.75) is 401 Å². The number of hydrogen-bond acceptors (Lipinski definition) is 18. The molecule has 3 heterocycles. The summed E-state index contributed by atoms with van der Waals surface area (Å²) in [5, 5.41) is 121. The van der Waals surface area contributed by atoms with Crippen LogP contribution in [0.5, 0.6) is 0 Å². The molecule has 0 aromatic carbocycles. The van der Waals surface area contributed by atoms with E-state index in [0.29, 0.717) is 12.8 Å². The number of aliphatic hydroxyl groups is 11. The van der Waals surface area contributed by atoms with Crippen molar-refractivity contribution in [2.24, 2.45) is 0 Å². The molecule has 0 spiro atoms. The van der Waals surface area contributed by atoms with Gasteiger partial charge in [-0.25, -0.2) is 0 Å². The molecule has 95 heavy (non-hydrogen) atoms. The lowest BCUT2D eigenvalue weighted by molar-refractivity contribution is -0.379. The van der Waals surface area contributed by atoms with Gasteiger partial charge in [-0.3, -0.25) is 4.79 Å². The maximum atomic E-state index is 13.4. The minimum atomic E-state index is -1.98. The second-order valence-electron chi connectivity index (χ2n) is 27.5. The number of allylic oxidation sites excluding steroid dienone is 7. The van der Waals surface area contributed by atoms with E-state index in [9.17, 15) is 61.0 Å². The standard InChI is InChI=1S/C76H139NO18/c1-3-5-7-9-11-13-15-17-19-21-23-24-25-26-27-28-29-30-31-32-33-34-36-38-40-42-44-46-48-50-52-54-64(82)77-59(60(81)53-51-49-47-45-43-41-39-37-35-22-20-18-16-14-12-10-8-6-4-2)58-90-74-70(88)67(85)72(62(56-79)92-74)95-76-71(89)68(86)73(63(57-80)93-76)94-75-69(87)66(84)65(83)61(55-78)91-75/h15,17,21,23,43,45,51,53,59-63,65-76,78-81,83-89H,3-14,16,18-20,22,24-42,44,46-50,52,54-58H2,1-2H3,(H,77,82)/b17-15-,23-21-,45-43+,53-51+. The fourth-order valence-electron chi connectivity index (χ4n) is 12.9. The summed E-state index contributed by atoms with van der Waals surface area (Å²) in [6.07, 6.45) is 43.8. The van der Waals surface area contributed by atoms with Gasteiger partial charge in [0.25, 0.3) is 0 Å². The molecule has 19 heteroatoms. The molecule has 3 aliphatic rings. The monoisotopic (exact) mass is 1350 g/mol. The lowest BCUT2D eigenvalue weighted by atomic mass is 9.96. The van der Waals surface area contributed by atoms with E-state index >= 15 is 0 Å². The van der Waals surface area contributed by atoms with E-state index in [1.807, 2.05) is 6.08 Å². The van der Waals surface area contributed by atoms with E-state index < -0.39 is 124 Å². The predicted octanol–water partition coefficient (Wildman–Crippen LogP) is 11.7. The maximum Gasteiger partial charge on any atom is 0.220 e. The molecule has 0 bridgehead atoms. The molecular weight excluding hydrogens is 1210 g/mol. The fourth-order valence-corrected chi connectivity index (χ4v) is 12.9. The van der Waals surface area contributed by atoms with Crippen molar-refractivity contribution in [2.75, 3.05) is 26.4 Å². The molecule has 0 aliphatic carbocycles. The summed E-state index contributed by atoms with van der Waals surface area (Å²) in [7, 11) is 0. The van der Waals surface area contributed by atoms with E-state index in [2.05, 4.69) is 55.6 Å². The first-order valence-electron chi connectivity index (χ1n) is 38.4. The molecule has 0 radical (unpaired) electrons. The number of unbranched alkanes of at least 4 members (excludes halogenated alkanes) is 38. The molecule has 17 atom stereocenters. The minimum Gasteiger partial charge on any atom is -0.394 e. The van der Waals surface area contributed by atoms with Gasteiger partial charge >= 0.3 is 0 Å². The first-order chi connectivity index (χ1) is 46.3. The van der Waals surface area contributed by atoms with Gasteiger partial charge < -0.3 is 89.9 Å². The van der Waals surface area contributed by atoms with Crippen LogP contribution in [0.1, 0.15) is 296 Å². The quantitative estimate of drug-likeness (QED) is 0.0199. The van der Waals surface area contributed by atoms with E-state index in [1.54, 1.807) is 6.08 Å². The number of hydrogen-bond donors (Lipinski definition) is 12. The smallest absolute Gasteiger partial charge is 0.220 e. The van der Waals surface area contributed by atoms with Crippen molar-refractivity contribution in [1.82, 2.24) is 5.32 Å². The zero-order valence-electron chi connectivity index (χ0n) is 59.2. The molecule has 556 valence electrons. The number of aliphatic hydroxyl groups excluding tert-OH is 11. The van der Waals surface area contributed by atoms with Gasteiger partial charge in [0.15, 0.2) is 18.9 Å². The van der Waals surface area contributed by atoms with Crippen molar-refractivity contribution in [3.05, 3.63) is 48.6 Å². The highest BCUT2D eigenvalue weighted by Crippen LogP contribution is 2.33. The van der Waals surface area contributed by atoms with Crippen molar-refractivity contribution in [3.63, 3.8) is 0 Å². The lowest BCUT2D eigenvalue weighted by Gasteiger charge is -2.48. The van der Waals surface area contributed by atoms with E-state index in [-0.39, 0.29) is 18.9 Å². The Morgan fingerprint density at radius 3 is 1.12 bits per heavy atom. The Morgan fingerprint density at radius 2 is 0.705 bits per heavy atom. The first-order valence-corrected chi connectivity index (χ1v) is 38.4. The Balaban J connectivity index is 1.38.